The molecule has 0 spiro atoms. The van der Waals surface area contributed by atoms with Crippen LogP contribution in [0.1, 0.15) is 78.3 Å². The van der Waals surface area contributed by atoms with Crippen molar-refractivity contribution in [3.8, 4) is 0 Å². The summed E-state index contributed by atoms with van der Waals surface area (Å²) in [6, 6.07) is 0.467. The minimum Gasteiger partial charge on any atom is -0.361 e. The molecule has 4 nitrogen and oxygen atoms in total. The molecule has 2 rings (SSSR count). The highest BCUT2D eigenvalue weighted by molar-refractivity contribution is 7.11. The molecule has 0 bridgehead atoms. The van der Waals surface area contributed by atoms with Crippen LogP contribution >= 0.6 is 11.3 Å². The Bertz CT molecular complexity index is 596. The molecule has 2 aromatic rings. The van der Waals surface area contributed by atoms with E-state index in [2.05, 4.69) is 50.1 Å². The normalized spacial score (nSPS) is 14.7. The summed E-state index contributed by atoms with van der Waals surface area (Å²) in [6.07, 6.45) is 0. The Hall–Kier alpha value is -1.20. The Balaban J connectivity index is 2.16. The molecule has 2 atom stereocenters. The van der Waals surface area contributed by atoms with Crippen LogP contribution in [-0.2, 0) is 0 Å². The minimum atomic E-state index is 0.204. The van der Waals surface area contributed by atoms with Gasteiger partial charge in [-0.15, -0.1) is 11.3 Å². The van der Waals surface area contributed by atoms with Crippen LogP contribution in [0.25, 0.3) is 0 Å². The van der Waals surface area contributed by atoms with Crippen molar-refractivity contribution in [2.24, 2.45) is 0 Å². The summed E-state index contributed by atoms with van der Waals surface area (Å²) in [5, 5.41) is 8.89. The summed E-state index contributed by atoms with van der Waals surface area (Å²) >= 11 is 1.81. The molecule has 1 N–H and O–H groups in total. The predicted molar refractivity (Wildman–Crippen MR) is 86.9 cm³/mol. The van der Waals surface area contributed by atoms with Gasteiger partial charge in [0.05, 0.1) is 16.4 Å². The number of nitrogens with zero attached hydrogens (tertiary/aromatic N) is 2. The molecule has 0 fully saturated rings. The molecule has 0 radical (unpaired) electrons. The Morgan fingerprint density at radius 3 is 2.14 bits per heavy atom. The van der Waals surface area contributed by atoms with Gasteiger partial charge in [-0.05, 0) is 34.6 Å². The summed E-state index contributed by atoms with van der Waals surface area (Å²) in [6.45, 7) is 14.8. The molecule has 116 valence electrons. The maximum absolute atomic E-state index is 5.26. The third-order valence-electron chi connectivity index (χ3n) is 3.76. The van der Waals surface area contributed by atoms with Gasteiger partial charge in [-0.25, -0.2) is 4.98 Å². The molecule has 0 aliphatic heterocycles. The Morgan fingerprint density at radius 2 is 1.67 bits per heavy atom. The quantitative estimate of drug-likeness (QED) is 0.877. The van der Waals surface area contributed by atoms with Gasteiger partial charge in [-0.3, -0.25) is 0 Å². The second-order valence-electron chi connectivity index (χ2n) is 6.00. The van der Waals surface area contributed by atoms with Gasteiger partial charge in [0.1, 0.15) is 5.76 Å². The lowest BCUT2D eigenvalue weighted by atomic mass is 10.1. The van der Waals surface area contributed by atoms with E-state index in [-0.39, 0.29) is 12.1 Å². The van der Waals surface area contributed by atoms with Gasteiger partial charge >= 0.3 is 0 Å². The first-order chi connectivity index (χ1) is 9.81. The van der Waals surface area contributed by atoms with Crippen molar-refractivity contribution in [1.82, 2.24) is 15.5 Å². The fourth-order valence-electron chi connectivity index (χ4n) is 2.72. The van der Waals surface area contributed by atoms with E-state index < -0.39 is 0 Å². The summed E-state index contributed by atoms with van der Waals surface area (Å²) in [5.41, 5.74) is 3.26. The standard InChI is InChI=1S/C16H25N3OS/c1-8(2)16-18-12(6)15(21-16)11(5)17-9(3)14-10(4)19-20-13(14)7/h8-9,11,17H,1-7H3/t9-,11+/m1/s1. The summed E-state index contributed by atoms with van der Waals surface area (Å²) in [4.78, 5) is 6.00. The van der Waals surface area contributed by atoms with E-state index in [4.69, 9.17) is 4.52 Å². The van der Waals surface area contributed by atoms with E-state index in [1.807, 2.05) is 25.2 Å². The van der Waals surface area contributed by atoms with E-state index in [1.165, 1.54) is 9.88 Å². The highest BCUT2D eigenvalue weighted by Crippen LogP contribution is 2.31. The average molecular weight is 307 g/mol. The molecule has 0 aliphatic carbocycles. The van der Waals surface area contributed by atoms with Crippen molar-refractivity contribution in [3.05, 3.63) is 32.6 Å². The SMILES string of the molecule is Cc1nc(C(C)C)sc1[C@H](C)N[C@H](C)c1c(C)noc1C. The van der Waals surface area contributed by atoms with Crippen molar-refractivity contribution >= 4 is 11.3 Å². The molecule has 21 heavy (non-hydrogen) atoms. The van der Waals surface area contributed by atoms with Crippen LogP contribution in [0.5, 0.6) is 0 Å². The monoisotopic (exact) mass is 307 g/mol. The van der Waals surface area contributed by atoms with Gasteiger partial charge < -0.3 is 9.84 Å². The number of thiazole rings is 1. The van der Waals surface area contributed by atoms with Crippen molar-refractivity contribution < 1.29 is 4.52 Å². The number of aromatic nitrogens is 2. The fraction of sp³-hybridized carbons (Fsp3) is 0.625. The third-order valence-corrected chi connectivity index (χ3v) is 5.40. The van der Waals surface area contributed by atoms with Crippen LogP contribution in [0, 0.1) is 20.8 Å². The summed E-state index contributed by atoms with van der Waals surface area (Å²) < 4.78 is 5.26. The molecule has 0 unspecified atom stereocenters. The third kappa shape index (κ3) is 3.35. The highest BCUT2D eigenvalue weighted by atomic mass is 32.1. The topological polar surface area (TPSA) is 51.0 Å². The lowest BCUT2D eigenvalue weighted by Gasteiger charge is -2.19. The predicted octanol–water partition coefficient (Wildman–Crippen LogP) is 4.59. The maximum atomic E-state index is 5.26. The zero-order chi connectivity index (χ0) is 15.7. The first-order valence-electron chi connectivity index (χ1n) is 7.47. The Labute approximate surface area is 131 Å². The number of rotatable bonds is 5. The molecule has 5 heteroatoms. The van der Waals surface area contributed by atoms with Crippen LogP contribution in [0.4, 0.5) is 0 Å². The van der Waals surface area contributed by atoms with Crippen LogP contribution in [0.2, 0.25) is 0 Å². The van der Waals surface area contributed by atoms with Crippen LogP contribution in [-0.4, -0.2) is 10.1 Å². The number of hydrogen-bond donors (Lipinski definition) is 1. The molecular weight excluding hydrogens is 282 g/mol. The second-order valence-corrected chi connectivity index (χ2v) is 7.07. The summed E-state index contributed by atoms with van der Waals surface area (Å²) in [5.74, 6) is 1.37. The van der Waals surface area contributed by atoms with Crippen molar-refractivity contribution in [2.45, 2.75) is 66.5 Å². The maximum Gasteiger partial charge on any atom is 0.138 e. The largest absolute Gasteiger partial charge is 0.361 e. The Kier molecular flexibility index (Phi) is 4.84. The number of nitrogens with one attached hydrogen (secondary N) is 1. The van der Waals surface area contributed by atoms with Gasteiger partial charge in [-0.1, -0.05) is 19.0 Å². The van der Waals surface area contributed by atoms with Gasteiger partial charge in [-0.2, -0.15) is 0 Å². The molecule has 0 saturated carbocycles. The average Bonchev–Trinajstić information content (AvgIpc) is 2.93. The minimum absolute atomic E-state index is 0.204. The molecule has 0 aliphatic rings. The number of hydrogen-bond acceptors (Lipinski definition) is 5. The zero-order valence-electron chi connectivity index (χ0n) is 13.9. The van der Waals surface area contributed by atoms with Crippen molar-refractivity contribution in [3.63, 3.8) is 0 Å². The number of aryl methyl sites for hydroxylation is 3. The van der Waals surface area contributed by atoms with E-state index in [0.29, 0.717) is 5.92 Å². The molecule has 0 saturated heterocycles. The molecular formula is C16H25N3OS. The van der Waals surface area contributed by atoms with E-state index in [1.54, 1.807) is 0 Å². The van der Waals surface area contributed by atoms with Crippen molar-refractivity contribution in [1.29, 1.82) is 0 Å². The van der Waals surface area contributed by atoms with Crippen LogP contribution in [0.3, 0.4) is 0 Å². The molecule has 0 amide bonds. The first kappa shape index (κ1) is 16.2. The van der Waals surface area contributed by atoms with E-state index >= 15 is 0 Å². The highest BCUT2D eigenvalue weighted by Gasteiger charge is 2.21. The van der Waals surface area contributed by atoms with E-state index in [9.17, 15) is 0 Å². The van der Waals surface area contributed by atoms with Gasteiger partial charge in [0, 0.05) is 28.4 Å². The van der Waals surface area contributed by atoms with E-state index in [0.717, 1.165) is 22.7 Å². The lowest BCUT2D eigenvalue weighted by molar-refractivity contribution is 0.389. The van der Waals surface area contributed by atoms with Gasteiger partial charge in [0.25, 0.3) is 0 Å². The smallest absolute Gasteiger partial charge is 0.138 e. The molecule has 2 aromatic heterocycles. The molecule has 0 aromatic carbocycles. The van der Waals surface area contributed by atoms with Crippen LogP contribution < -0.4 is 5.32 Å². The first-order valence-corrected chi connectivity index (χ1v) is 8.29. The second kappa shape index (κ2) is 6.28. The summed E-state index contributed by atoms with van der Waals surface area (Å²) in [7, 11) is 0. The van der Waals surface area contributed by atoms with Gasteiger partial charge in [0.2, 0.25) is 0 Å². The lowest BCUT2D eigenvalue weighted by Crippen LogP contribution is -2.23. The van der Waals surface area contributed by atoms with Gasteiger partial charge in [0.15, 0.2) is 0 Å². The fourth-order valence-corrected chi connectivity index (χ4v) is 3.80. The van der Waals surface area contributed by atoms with Crippen molar-refractivity contribution in [2.75, 3.05) is 0 Å². The zero-order valence-corrected chi connectivity index (χ0v) is 14.8. The van der Waals surface area contributed by atoms with Crippen LogP contribution in [0.15, 0.2) is 4.52 Å². The molecule has 2 heterocycles. The Morgan fingerprint density at radius 1 is 1.00 bits per heavy atom.